The first-order chi connectivity index (χ1) is 15.9. The minimum absolute atomic E-state index is 0.316. The molecule has 0 amide bonds. The molecule has 0 atom stereocenters. The zero-order valence-corrected chi connectivity index (χ0v) is 17.7. The molecule has 3 aromatic carbocycles. The maximum Gasteiger partial charge on any atom is 0.163 e. The summed E-state index contributed by atoms with van der Waals surface area (Å²) in [5.41, 5.74) is 4.48. The molecule has 2 aromatic heterocycles. The minimum atomic E-state index is 0.316. The summed E-state index contributed by atoms with van der Waals surface area (Å²) in [4.78, 5) is 13.8. The molecule has 0 aliphatic carbocycles. The van der Waals surface area contributed by atoms with E-state index < -0.39 is 0 Å². The van der Waals surface area contributed by atoms with Crippen molar-refractivity contribution in [2.45, 2.75) is 12.3 Å². The van der Waals surface area contributed by atoms with Gasteiger partial charge in [0.2, 0.25) is 0 Å². The Kier molecular flexibility index (Phi) is 5.84. The molecule has 0 radical (unpaired) electrons. The number of anilines is 1. The molecule has 5 rings (SSSR count). The molecule has 32 heavy (non-hydrogen) atoms. The summed E-state index contributed by atoms with van der Waals surface area (Å²) < 4.78 is 0. The summed E-state index contributed by atoms with van der Waals surface area (Å²) in [6, 6.07) is 33.4. The molecular formula is C28H24N4. The van der Waals surface area contributed by atoms with Gasteiger partial charge in [-0.15, -0.1) is 0 Å². The van der Waals surface area contributed by atoms with E-state index in [0.717, 1.165) is 35.2 Å². The Labute approximate surface area is 188 Å². The van der Waals surface area contributed by atoms with Crippen LogP contribution in [-0.2, 0) is 0 Å². The third-order valence-corrected chi connectivity index (χ3v) is 5.65. The Morgan fingerprint density at radius 3 is 2.06 bits per heavy atom. The second-order valence-electron chi connectivity index (χ2n) is 7.74. The van der Waals surface area contributed by atoms with Crippen molar-refractivity contribution in [2.75, 3.05) is 11.9 Å². The fourth-order valence-corrected chi connectivity index (χ4v) is 4.07. The minimum Gasteiger partial charge on any atom is -0.369 e. The van der Waals surface area contributed by atoms with E-state index in [2.05, 4.69) is 77.0 Å². The third-order valence-electron chi connectivity index (χ3n) is 5.65. The van der Waals surface area contributed by atoms with Crippen LogP contribution in [0.2, 0.25) is 0 Å². The number of fused-ring (bicyclic) bond motifs is 1. The van der Waals surface area contributed by atoms with E-state index in [1.807, 2.05) is 30.3 Å². The second kappa shape index (κ2) is 9.40. The molecule has 0 aliphatic rings. The first kappa shape index (κ1) is 19.9. The molecule has 5 aromatic rings. The Morgan fingerprint density at radius 2 is 1.38 bits per heavy atom. The van der Waals surface area contributed by atoms with Crippen LogP contribution < -0.4 is 5.32 Å². The summed E-state index contributed by atoms with van der Waals surface area (Å²) in [5.74, 6) is 1.85. The van der Waals surface area contributed by atoms with Crippen molar-refractivity contribution in [1.82, 2.24) is 15.0 Å². The monoisotopic (exact) mass is 416 g/mol. The van der Waals surface area contributed by atoms with E-state index in [4.69, 9.17) is 9.97 Å². The van der Waals surface area contributed by atoms with Crippen LogP contribution in [0, 0.1) is 0 Å². The number of rotatable bonds is 7. The lowest BCUT2D eigenvalue weighted by atomic mass is 9.88. The van der Waals surface area contributed by atoms with Gasteiger partial charge in [0.25, 0.3) is 0 Å². The number of nitrogens with one attached hydrogen (secondary N) is 1. The maximum absolute atomic E-state index is 4.85. The van der Waals surface area contributed by atoms with Crippen LogP contribution in [0.25, 0.3) is 22.3 Å². The van der Waals surface area contributed by atoms with Gasteiger partial charge in [-0.25, -0.2) is 9.97 Å². The van der Waals surface area contributed by atoms with Gasteiger partial charge in [-0.2, -0.15) is 0 Å². The number of pyridine rings is 1. The van der Waals surface area contributed by atoms with Crippen molar-refractivity contribution < 1.29 is 0 Å². The Balaban J connectivity index is 1.43. The molecular weight excluding hydrogens is 392 g/mol. The molecule has 0 unspecified atom stereocenters. The van der Waals surface area contributed by atoms with Crippen molar-refractivity contribution in [2.24, 2.45) is 0 Å². The van der Waals surface area contributed by atoms with Gasteiger partial charge in [0, 0.05) is 35.8 Å². The van der Waals surface area contributed by atoms with Crippen LogP contribution in [-0.4, -0.2) is 21.5 Å². The quantitative estimate of drug-likeness (QED) is 0.337. The Morgan fingerprint density at radius 1 is 0.688 bits per heavy atom. The smallest absolute Gasteiger partial charge is 0.163 e. The fraction of sp³-hybridized carbons (Fsp3) is 0.107. The highest BCUT2D eigenvalue weighted by Crippen LogP contribution is 2.29. The number of aromatic nitrogens is 3. The summed E-state index contributed by atoms with van der Waals surface area (Å²) in [5, 5.41) is 4.62. The van der Waals surface area contributed by atoms with Crippen molar-refractivity contribution >= 4 is 16.7 Å². The zero-order chi connectivity index (χ0) is 21.6. The molecule has 0 spiro atoms. The summed E-state index contributed by atoms with van der Waals surface area (Å²) >= 11 is 0. The zero-order valence-electron chi connectivity index (χ0n) is 17.7. The Bertz CT molecular complexity index is 1250. The predicted octanol–water partition coefficient (Wildman–Crippen LogP) is 6.33. The van der Waals surface area contributed by atoms with Crippen molar-refractivity contribution in [3.63, 3.8) is 0 Å². The van der Waals surface area contributed by atoms with E-state index in [1.165, 1.54) is 11.1 Å². The van der Waals surface area contributed by atoms with E-state index in [9.17, 15) is 0 Å². The highest BCUT2D eigenvalue weighted by atomic mass is 15.0. The molecule has 0 aliphatic heterocycles. The molecule has 4 nitrogen and oxygen atoms in total. The lowest BCUT2D eigenvalue weighted by Crippen LogP contribution is -2.11. The van der Waals surface area contributed by atoms with Gasteiger partial charge in [-0.3, -0.25) is 4.98 Å². The summed E-state index contributed by atoms with van der Waals surface area (Å²) in [6.45, 7) is 0.794. The van der Waals surface area contributed by atoms with Gasteiger partial charge in [-0.1, -0.05) is 72.8 Å². The van der Waals surface area contributed by atoms with Gasteiger partial charge >= 0.3 is 0 Å². The summed E-state index contributed by atoms with van der Waals surface area (Å²) in [6.07, 6.45) is 4.51. The van der Waals surface area contributed by atoms with Gasteiger partial charge in [0.05, 0.1) is 5.52 Å². The lowest BCUT2D eigenvalue weighted by molar-refractivity contribution is 0.743. The van der Waals surface area contributed by atoms with Crippen molar-refractivity contribution in [3.05, 3.63) is 121 Å². The molecule has 2 heterocycles. The SMILES string of the molecule is c1ccc(C(CCNc2nc(-c3cccnc3)nc3ccccc23)c2ccccc2)cc1. The van der Waals surface area contributed by atoms with E-state index in [1.54, 1.807) is 12.4 Å². The largest absolute Gasteiger partial charge is 0.369 e. The predicted molar refractivity (Wildman–Crippen MR) is 131 cm³/mol. The second-order valence-corrected chi connectivity index (χ2v) is 7.74. The molecule has 0 saturated heterocycles. The lowest BCUT2D eigenvalue weighted by Gasteiger charge is -2.19. The van der Waals surface area contributed by atoms with Gasteiger partial charge < -0.3 is 5.32 Å². The number of nitrogens with zero attached hydrogens (tertiary/aromatic N) is 3. The molecule has 156 valence electrons. The highest BCUT2D eigenvalue weighted by Gasteiger charge is 2.15. The van der Waals surface area contributed by atoms with Crippen LogP contribution in [0.4, 0.5) is 5.82 Å². The van der Waals surface area contributed by atoms with Crippen molar-refractivity contribution in [1.29, 1.82) is 0 Å². The molecule has 1 N–H and O–H groups in total. The maximum atomic E-state index is 4.85. The first-order valence-electron chi connectivity index (χ1n) is 10.9. The van der Waals surface area contributed by atoms with Crippen LogP contribution in [0.1, 0.15) is 23.5 Å². The normalized spacial score (nSPS) is 11.0. The topological polar surface area (TPSA) is 50.7 Å². The van der Waals surface area contributed by atoms with Crippen LogP contribution in [0.5, 0.6) is 0 Å². The fourth-order valence-electron chi connectivity index (χ4n) is 4.07. The number of hydrogen-bond acceptors (Lipinski definition) is 4. The van der Waals surface area contributed by atoms with E-state index in [0.29, 0.717) is 11.7 Å². The first-order valence-corrected chi connectivity index (χ1v) is 10.9. The highest BCUT2D eigenvalue weighted by molar-refractivity contribution is 5.90. The molecule has 0 bridgehead atoms. The third kappa shape index (κ3) is 4.35. The molecule has 0 saturated carbocycles. The van der Waals surface area contributed by atoms with Gasteiger partial charge in [0.15, 0.2) is 5.82 Å². The molecule has 4 heteroatoms. The standard InChI is InChI=1S/C28H24N4/c1-3-10-21(11-4-1)24(22-12-5-2-6-13-22)17-19-30-28-25-15-7-8-16-26(25)31-27(32-28)23-14-9-18-29-20-23/h1-16,18,20,24H,17,19H2,(H,30,31,32). The van der Waals surface area contributed by atoms with E-state index >= 15 is 0 Å². The van der Waals surface area contributed by atoms with Crippen LogP contribution in [0.3, 0.4) is 0 Å². The Hall–Kier alpha value is -4.05. The van der Waals surface area contributed by atoms with Crippen LogP contribution in [0.15, 0.2) is 109 Å². The number of benzene rings is 3. The van der Waals surface area contributed by atoms with Crippen LogP contribution >= 0.6 is 0 Å². The number of para-hydroxylation sites is 1. The average Bonchev–Trinajstić information content (AvgIpc) is 2.88. The summed E-state index contributed by atoms with van der Waals surface area (Å²) in [7, 11) is 0. The average molecular weight is 417 g/mol. The van der Waals surface area contributed by atoms with Gasteiger partial charge in [0.1, 0.15) is 5.82 Å². The number of hydrogen-bond donors (Lipinski definition) is 1. The van der Waals surface area contributed by atoms with Crippen molar-refractivity contribution in [3.8, 4) is 11.4 Å². The van der Waals surface area contributed by atoms with E-state index in [-0.39, 0.29) is 0 Å². The molecule has 0 fully saturated rings. The van der Waals surface area contributed by atoms with Gasteiger partial charge in [-0.05, 0) is 41.8 Å².